The number of benzene rings is 1. The Morgan fingerprint density at radius 3 is 2.81 bits per heavy atom. The van der Waals surface area contributed by atoms with E-state index in [0.29, 0.717) is 16.6 Å². The van der Waals surface area contributed by atoms with E-state index in [2.05, 4.69) is 4.90 Å². The summed E-state index contributed by atoms with van der Waals surface area (Å²) in [6.45, 7) is 0.918. The van der Waals surface area contributed by atoms with Crippen molar-refractivity contribution in [3.8, 4) is 0 Å². The monoisotopic (exact) mass is 240 g/mol. The second kappa shape index (κ2) is 4.52. The summed E-state index contributed by atoms with van der Waals surface area (Å²) in [4.78, 5) is 2.11. The highest BCUT2D eigenvalue weighted by Crippen LogP contribution is 2.33. The highest BCUT2D eigenvalue weighted by Gasteiger charge is 2.28. The van der Waals surface area contributed by atoms with Gasteiger partial charge in [-0.3, -0.25) is 0 Å². The van der Waals surface area contributed by atoms with Gasteiger partial charge in [-0.25, -0.2) is 0 Å². The Kier molecular flexibility index (Phi) is 3.26. The fourth-order valence-corrected chi connectivity index (χ4v) is 2.36. The molecule has 0 atom stereocenters. The number of hydrogen-bond acceptors (Lipinski definition) is 3. The fraction of sp³-hybridized carbons (Fsp3) is 0.500. The van der Waals surface area contributed by atoms with Gasteiger partial charge in [0, 0.05) is 13.6 Å². The molecule has 0 unspecified atom stereocenters. The van der Waals surface area contributed by atoms with Gasteiger partial charge in [-0.2, -0.15) is 0 Å². The van der Waals surface area contributed by atoms with E-state index in [4.69, 9.17) is 17.3 Å². The van der Waals surface area contributed by atoms with Crippen LogP contribution in [0.2, 0.25) is 5.02 Å². The van der Waals surface area contributed by atoms with Gasteiger partial charge in [0.05, 0.1) is 22.5 Å². The lowest BCUT2D eigenvalue weighted by atomic mass is 9.82. The lowest BCUT2D eigenvalue weighted by Gasteiger charge is -2.35. The molecule has 0 amide bonds. The zero-order valence-corrected chi connectivity index (χ0v) is 10.1. The van der Waals surface area contributed by atoms with Crippen molar-refractivity contribution in [3.05, 3.63) is 23.2 Å². The van der Waals surface area contributed by atoms with Gasteiger partial charge in [0.25, 0.3) is 0 Å². The Morgan fingerprint density at radius 2 is 2.19 bits per heavy atom. The van der Waals surface area contributed by atoms with Crippen molar-refractivity contribution in [2.75, 3.05) is 24.2 Å². The maximum Gasteiger partial charge on any atom is 0.0741 e. The minimum absolute atomic E-state index is 0.102. The molecule has 3 nitrogen and oxygen atoms in total. The smallest absolute Gasteiger partial charge is 0.0741 e. The van der Waals surface area contributed by atoms with E-state index >= 15 is 0 Å². The molecule has 0 spiro atoms. The first kappa shape index (κ1) is 11.6. The number of anilines is 2. The van der Waals surface area contributed by atoms with Crippen LogP contribution in [0.4, 0.5) is 11.4 Å². The maximum atomic E-state index is 9.24. The van der Waals surface area contributed by atoms with E-state index in [9.17, 15) is 5.11 Å². The van der Waals surface area contributed by atoms with Gasteiger partial charge in [0.15, 0.2) is 0 Å². The van der Waals surface area contributed by atoms with Crippen LogP contribution in [0.15, 0.2) is 18.2 Å². The summed E-state index contributed by atoms with van der Waals surface area (Å²) >= 11 is 5.97. The number of nitrogens with zero attached hydrogens (tertiary/aromatic N) is 1. The molecule has 2 rings (SSSR count). The summed E-state index contributed by atoms with van der Waals surface area (Å²) in [7, 11) is 2.01. The van der Waals surface area contributed by atoms with E-state index in [1.807, 2.05) is 19.2 Å². The molecule has 0 bridgehead atoms. The number of aliphatic hydroxyl groups is 1. The Balaban J connectivity index is 2.03. The van der Waals surface area contributed by atoms with Gasteiger partial charge < -0.3 is 15.7 Å². The van der Waals surface area contributed by atoms with Gasteiger partial charge in [-0.1, -0.05) is 17.7 Å². The van der Waals surface area contributed by atoms with Crippen LogP contribution in [-0.4, -0.2) is 24.8 Å². The average Bonchev–Trinajstić information content (AvgIpc) is 2.19. The zero-order valence-electron chi connectivity index (χ0n) is 9.36. The first-order chi connectivity index (χ1) is 7.58. The molecule has 0 saturated heterocycles. The van der Waals surface area contributed by atoms with Crippen LogP contribution in [0.3, 0.4) is 0 Å². The quantitative estimate of drug-likeness (QED) is 0.796. The predicted octanol–water partition coefficient (Wildman–Crippen LogP) is 2.13. The van der Waals surface area contributed by atoms with Crippen molar-refractivity contribution in [2.24, 2.45) is 5.92 Å². The van der Waals surface area contributed by atoms with Crippen LogP contribution in [0, 0.1) is 5.92 Å². The molecule has 0 aromatic heterocycles. The van der Waals surface area contributed by atoms with Gasteiger partial charge in [-0.05, 0) is 30.9 Å². The molecule has 88 valence electrons. The maximum absolute atomic E-state index is 9.24. The molecule has 1 saturated carbocycles. The van der Waals surface area contributed by atoms with Crippen LogP contribution in [0.1, 0.15) is 12.8 Å². The molecule has 1 aromatic rings. The number of rotatable bonds is 3. The van der Waals surface area contributed by atoms with E-state index in [1.54, 1.807) is 6.07 Å². The van der Waals surface area contributed by atoms with Crippen LogP contribution in [-0.2, 0) is 0 Å². The zero-order chi connectivity index (χ0) is 11.7. The molecule has 1 aliphatic rings. The first-order valence-corrected chi connectivity index (χ1v) is 5.89. The molecular formula is C12H17ClN2O. The second-order valence-corrected chi connectivity index (χ2v) is 4.95. The molecule has 0 aliphatic heterocycles. The third-order valence-corrected chi connectivity index (χ3v) is 3.51. The average molecular weight is 241 g/mol. The highest BCUT2D eigenvalue weighted by molar-refractivity contribution is 6.33. The number of hydrogen-bond donors (Lipinski definition) is 2. The predicted molar refractivity (Wildman–Crippen MR) is 67.9 cm³/mol. The minimum atomic E-state index is -0.102. The summed E-state index contributed by atoms with van der Waals surface area (Å²) in [5, 5.41) is 9.83. The molecular weight excluding hydrogens is 224 g/mol. The van der Waals surface area contributed by atoms with Crippen LogP contribution in [0.5, 0.6) is 0 Å². The van der Waals surface area contributed by atoms with Crippen molar-refractivity contribution in [1.29, 1.82) is 0 Å². The molecule has 1 aliphatic carbocycles. The Bertz CT molecular complexity index is 377. The van der Waals surface area contributed by atoms with E-state index < -0.39 is 0 Å². The molecule has 1 fully saturated rings. The summed E-state index contributed by atoms with van der Waals surface area (Å²) < 4.78 is 0. The minimum Gasteiger partial charge on any atom is -0.396 e. The third kappa shape index (κ3) is 2.25. The summed E-state index contributed by atoms with van der Waals surface area (Å²) in [6, 6.07) is 5.66. The normalized spacial score (nSPS) is 23.9. The van der Waals surface area contributed by atoms with Crippen molar-refractivity contribution in [3.63, 3.8) is 0 Å². The van der Waals surface area contributed by atoms with Gasteiger partial charge in [0.1, 0.15) is 0 Å². The summed E-state index contributed by atoms with van der Waals surface area (Å²) in [6.07, 6.45) is 1.69. The topological polar surface area (TPSA) is 49.5 Å². The number of nitrogens with two attached hydrogens (primary N) is 1. The lowest BCUT2D eigenvalue weighted by Crippen LogP contribution is -2.37. The molecule has 4 heteroatoms. The Morgan fingerprint density at radius 1 is 1.50 bits per heavy atom. The summed E-state index contributed by atoms with van der Waals surface area (Å²) in [5.74, 6) is 0.568. The van der Waals surface area contributed by atoms with Crippen molar-refractivity contribution in [1.82, 2.24) is 0 Å². The van der Waals surface area contributed by atoms with Crippen molar-refractivity contribution >= 4 is 23.0 Å². The molecule has 0 radical (unpaired) electrons. The van der Waals surface area contributed by atoms with E-state index in [0.717, 1.165) is 25.1 Å². The highest BCUT2D eigenvalue weighted by atomic mass is 35.5. The van der Waals surface area contributed by atoms with Crippen LogP contribution in [0.25, 0.3) is 0 Å². The lowest BCUT2D eigenvalue weighted by molar-refractivity contribution is 0.0465. The third-order valence-electron chi connectivity index (χ3n) is 3.18. The molecule has 0 heterocycles. The summed E-state index contributed by atoms with van der Waals surface area (Å²) in [5.41, 5.74) is 7.52. The van der Waals surface area contributed by atoms with E-state index in [1.165, 1.54) is 0 Å². The largest absolute Gasteiger partial charge is 0.396 e. The SMILES string of the molecule is CN(CC1CC(O)C1)c1cccc(Cl)c1N. The van der Waals surface area contributed by atoms with Gasteiger partial charge in [-0.15, -0.1) is 0 Å². The molecule has 16 heavy (non-hydrogen) atoms. The van der Waals surface area contributed by atoms with Crippen LogP contribution < -0.4 is 10.6 Å². The van der Waals surface area contributed by atoms with E-state index in [-0.39, 0.29) is 6.10 Å². The molecule has 3 N–H and O–H groups in total. The number of nitrogen functional groups attached to an aromatic ring is 1. The van der Waals surface area contributed by atoms with Crippen molar-refractivity contribution in [2.45, 2.75) is 18.9 Å². The Labute approximate surface area is 101 Å². The molecule has 1 aromatic carbocycles. The number of halogens is 1. The second-order valence-electron chi connectivity index (χ2n) is 4.54. The van der Waals surface area contributed by atoms with Gasteiger partial charge >= 0.3 is 0 Å². The number of para-hydroxylation sites is 1. The fourth-order valence-electron chi connectivity index (χ4n) is 2.19. The first-order valence-electron chi connectivity index (χ1n) is 5.51. The Hall–Kier alpha value is -0.930. The van der Waals surface area contributed by atoms with Crippen molar-refractivity contribution < 1.29 is 5.11 Å². The van der Waals surface area contributed by atoms with Gasteiger partial charge in [0.2, 0.25) is 0 Å². The number of aliphatic hydroxyl groups excluding tert-OH is 1. The standard InChI is InChI=1S/C12H17ClN2O/c1-15(7-8-5-9(16)6-8)11-4-2-3-10(13)12(11)14/h2-4,8-9,16H,5-7,14H2,1H3. The van der Waals surface area contributed by atoms with Crippen LogP contribution >= 0.6 is 11.6 Å².